The lowest BCUT2D eigenvalue weighted by Crippen LogP contribution is -2.68. The van der Waals surface area contributed by atoms with Gasteiger partial charge in [0.15, 0.2) is 35.4 Å². The highest BCUT2D eigenvalue weighted by Crippen LogP contribution is 2.58. The van der Waals surface area contributed by atoms with Gasteiger partial charge in [-0.25, -0.2) is 42.5 Å². The monoisotopic (exact) mass is 1030 g/mol. The van der Waals surface area contributed by atoms with Crippen LogP contribution in [0.3, 0.4) is 0 Å². The normalized spacial score (nSPS) is 28.5. The number of amides is 2. The summed E-state index contributed by atoms with van der Waals surface area (Å²) in [5.41, 5.74) is 0.510. The van der Waals surface area contributed by atoms with Crippen molar-refractivity contribution in [2.24, 2.45) is 11.8 Å². The van der Waals surface area contributed by atoms with Gasteiger partial charge in [-0.05, 0) is 81.4 Å². The van der Waals surface area contributed by atoms with Gasteiger partial charge in [0.1, 0.15) is 35.3 Å². The number of carbonyl (C=O) groups is 2. The number of aliphatic hydroxyl groups excluding tert-OH is 1. The molecule has 74 heavy (non-hydrogen) atoms. The molecule has 6 N–H and O–H groups in total. The number of H-pyrrole nitrogens is 1. The molecule has 1 aliphatic heterocycles. The number of carbonyl (C=O) groups excluding carboxylic acids is 2. The molecule has 2 amide bonds. The zero-order chi connectivity index (χ0) is 50.8. The van der Waals surface area contributed by atoms with Crippen molar-refractivity contribution in [3.8, 4) is 22.7 Å². The zero-order valence-corrected chi connectivity index (χ0v) is 39.3. The van der Waals surface area contributed by atoms with E-state index in [2.05, 4.69) is 46.5 Å². The number of fused-ring (bicyclic) bond motifs is 2. The minimum absolute atomic E-state index is 0.0518. The van der Waals surface area contributed by atoms with Crippen LogP contribution in [-0.4, -0.2) is 116 Å². The van der Waals surface area contributed by atoms with E-state index in [-0.39, 0.29) is 63.9 Å². The second kappa shape index (κ2) is 17.0. The summed E-state index contributed by atoms with van der Waals surface area (Å²) in [6.07, 6.45) is -2.81. The van der Waals surface area contributed by atoms with E-state index < -0.39 is 67.2 Å². The first-order chi connectivity index (χ1) is 35.6. The molecule has 7 aromatic rings. The van der Waals surface area contributed by atoms with Crippen molar-refractivity contribution in [3.63, 3.8) is 0 Å². The van der Waals surface area contributed by atoms with Crippen LogP contribution >= 0.6 is 0 Å². The zero-order valence-electron chi connectivity index (χ0n) is 39.3. The Morgan fingerprint density at radius 2 is 1.62 bits per heavy atom. The summed E-state index contributed by atoms with van der Waals surface area (Å²) >= 11 is 0. The van der Waals surface area contributed by atoms with Crippen LogP contribution < -0.4 is 26.0 Å². The van der Waals surface area contributed by atoms with Gasteiger partial charge in [-0.2, -0.15) is 23.4 Å². The van der Waals surface area contributed by atoms with Crippen molar-refractivity contribution in [3.05, 3.63) is 83.8 Å². The summed E-state index contributed by atoms with van der Waals surface area (Å²) in [6, 6.07) is 10.4. The summed E-state index contributed by atoms with van der Waals surface area (Å²) in [5, 5.41) is 38.5. The number of nitrogens with zero attached hydrogens (tertiary/aromatic N) is 9. The molecule has 6 atom stereocenters. The second-order valence-corrected chi connectivity index (χ2v) is 20.4. The third-order valence-electron chi connectivity index (χ3n) is 15.4. The maximum atomic E-state index is 16.7. The molecule has 8 aliphatic rings. The van der Waals surface area contributed by atoms with Crippen LogP contribution in [0, 0.1) is 11.8 Å². The van der Waals surface area contributed by atoms with Crippen molar-refractivity contribution in [2.45, 2.75) is 112 Å². The van der Waals surface area contributed by atoms with Crippen LogP contribution in [0.4, 0.5) is 54.9 Å². The number of alkyl halides is 5. The molecule has 0 radical (unpaired) electrons. The number of methoxy groups -OCH3 is 1. The first kappa shape index (κ1) is 46.2. The molecular weight excluding hydrogens is 980 g/mol. The molecule has 26 heteroatoms. The predicted octanol–water partition coefficient (Wildman–Crippen LogP) is 7.27. The Labute approximate surface area is 415 Å². The highest BCUT2D eigenvalue weighted by atomic mass is 19.4. The number of aromatic nitrogens is 10. The Hall–Kier alpha value is -7.61. The van der Waals surface area contributed by atoms with Gasteiger partial charge in [-0.1, -0.05) is 0 Å². The number of ether oxygens (including phenoxy) is 4. The molecule has 7 heterocycles. The molecule has 21 nitrogen and oxygen atoms in total. The number of alkyl carbamates (subject to hydrolysis) is 2. The van der Waals surface area contributed by atoms with Gasteiger partial charge in [0.25, 0.3) is 0 Å². The Balaban J connectivity index is 0.817. The lowest BCUT2D eigenvalue weighted by atomic mass is 9.50. The number of halogens is 5. The number of hydrogen-bond donors (Lipinski definition) is 6. The maximum Gasteiger partial charge on any atom is 0.433 e. The maximum absolute atomic E-state index is 16.7. The van der Waals surface area contributed by atoms with Crippen LogP contribution in [0.5, 0.6) is 5.75 Å². The molecule has 15 rings (SSSR count). The first-order valence-corrected chi connectivity index (χ1v) is 24.3. The fraction of sp³-hybridized carbons (Fsp3) is 0.458. The van der Waals surface area contributed by atoms with E-state index in [9.17, 15) is 27.9 Å². The van der Waals surface area contributed by atoms with Gasteiger partial charge in [-0.3, -0.25) is 9.50 Å². The predicted molar refractivity (Wildman–Crippen MR) is 249 cm³/mol. The Morgan fingerprint density at radius 3 is 2.31 bits per heavy atom. The fourth-order valence-electron chi connectivity index (χ4n) is 11.5. The topological polar surface area (TPSA) is 246 Å². The summed E-state index contributed by atoms with van der Waals surface area (Å²) in [4.78, 5) is 38.4. The van der Waals surface area contributed by atoms with Crippen molar-refractivity contribution < 1.29 is 55.6 Å². The summed E-state index contributed by atoms with van der Waals surface area (Å²) in [5.74, 6) is 1.05. The van der Waals surface area contributed by atoms with Crippen LogP contribution in [0.2, 0.25) is 0 Å². The minimum Gasteiger partial charge on any atom is -0.497 e. The van der Waals surface area contributed by atoms with E-state index in [0.29, 0.717) is 52.8 Å². The SMILES string of the molecule is COc1cc(-c2cn3nc(CO)cc3c(Nc3cc([C@@H]4CC[C@H](OC(=O)NC56CC(C5)C6)[C@H]4F)[nH]n3)n2)cc(-n2nc(Nc3nc(C(F)(F)F)cc4nccn34)cc2[C@@H]2OC[C@H](OC(=O)NC34CC(C3)C4)[C@H]2F)c1. The molecule has 7 saturated carbocycles. The highest BCUT2D eigenvalue weighted by Gasteiger charge is 2.59. The van der Waals surface area contributed by atoms with Crippen molar-refractivity contribution in [1.82, 2.24) is 59.6 Å². The molecule has 0 unspecified atom stereocenters. The fourth-order valence-corrected chi connectivity index (χ4v) is 11.5. The first-order valence-electron chi connectivity index (χ1n) is 24.3. The number of imidazole rings is 1. The van der Waals surface area contributed by atoms with Crippen LogP contribution in [0.15, 0.2) is 61.1 Å². The third kappa shape index (κ3) is 8.04. The van der Waals surface area contributed by atoms with Crippen LogP contribution in [0.1, 0.15) is 86.2 Å². The van der Waals surface area contributed by atoms with Crippen molar-refractivity contribution in [2.75, 3.05) is 24.4 Å². The minimum atomic E-state index is -4.82. The number of benzene rings is 1. The van der Waals surface area contributed by atoms with Gasteiger partial charge in [0.05, 0.1) is 49.3 Å². The molecule has 8 fully saturated rings. The lowest BCUT2D eigenvalue weighted by Gasteiger charge is -2.61. The van der Waals surface area contributed by atoms with E-state index in [1.54, 1.807) is 36.5 Å². The van der Waals surface area contributed by atoms with Gasteiger partial charge in [0, 0.05) is 64.9 Å². The smallest absolute Gasteiger partial charge is 0.433 e. The average Bonchev–Trinajstić information content (AvgIpc) is 4.20. The van der Waals surface area contributed by atoms with E-state index >= 15 is 8.78 Å². The summed E-state index contributed by atoms with van der Waals surface area (Å²) in [7, 11) is 1.43. The number of hydrogen-bond acceptors (Lipinski definition) is 15. The number of anilines is 4. The van der Waals surface area contributed by atoms with E-state index in [0.717, 1.165) is 44.6 Å². The lowest BCUT2D eigenvalue weighted by molar-refractivity contribution is -0.141. The van der Waals surface area contributed by atoms with Gasteiger partial charge >= 0.3 is 18.4 Å². The molecule has 0 spiro atoms. The Kier molecular flexibility index (Phi) is 10.6. The largest absolute Gasteiger partial charge is 0.497 e. The van der Waals surface area contributed by atoms with Crippen molar-refractivity contribution >= 4 is 46.8 Å². The molecule has 6 aromatic heterocycles. The van der Waals surface area contributed by atoms with E-state index in [4.69, 9.17) is 29.0 Å². The second-order valence-electron chi connectivity index (χ2n) is 20.4. The average molecular weight is 1030 g/mol. The quantitative estimate of drug-likeness (QED) is 0.0587. The number of rotatable bonds is 14. The summed E-state index contributed by atoms with van der Waals surface area (Å²) in [6.45, 7) is -0.705. The molecule has 1 aromatic carbocycles. The Bertz CT molecular complexity index is 3340. The van der Waals surface area contributed by atoms with Gasteiger partial charge < -0.3 is 45.3 Å². The highest BCUT2D eigenvalue weighted by molar-refractivity contribution is 5.77. The van der Waals surface area contributed by atoms with Crippen LogP contribution in [-0.2, 0) is 27.0 Å². The standard InChI is InChI=1S/C48H47F5N14O7/c1-71-27-7-24(30-19-66-32(8-25(20-68)63-66)42(55-30)57-36-10-29(61-62-36)28-2-3-33(39(28)49)73-44(69)59-46-13-22(14-46)15-46)6-26(9-27)67-31(41-40(50)34(21-72-41)74-45(70)60-47-16-23(17-47)18-47)11-37(64-67)58-43-56-35(48(51,52)53)12-38-54-4-5-65(38)43/h4-12,19,22-23,28,33-34,39-41,68H,2-3,13-18,20-21H2,1H3,(H,59,69)(H,60,70)(H,56,58,64)(H2,55,57,61,62)/t22?,23?,28-,33-,34-,39-,40+,41-,46?,47?/m0/s1. The van der Waals surface area contributed by atoms with Gasteiger partial charge in [-0.15, -0.1) is 5.10 Å². The number of aromatic amines is 1. The molecule has 386 valence electrons. The number of aliphatic hydroxyl groups is 1. The van der Waals surface area contributed by atoms with Crippen molar-refractivity contribution in [1.29, 1.82) is 0 Å². The van der Waals surface area contributed by atoms with Gasteiger partial charge in [0.2, 0.25) is 5.95 Å². The van der Waals surface area contributed by atoms with E-state index in [1.165, 1.54) is 39.2 Å². The molecular formula is C48H47F5N14O7. The molecule has 7 aliphatic carbocycles. The molecule has 1 saturated heterocycles. The summed E-state index contributed by atoms with van der Waals surface area (Å²) < 4.78 is 102. The molecule has 4 bridgehead atoms. The van der Waals surface area contributed by atoms with E-state index in [1.807, 2.05) is 0 Å². The number of nitrogens with one attached hydrogen (secondary N) is 5. The van der Waals surface area contributed by atoms with Crippen LogP contribution in [0.25, 0.3) is 28.1 Å². The third-order valence-corrected chi connectivity index (χ3v) is 15.4. The Morgan fingerprint density at radius 1 is 0.878 bits per heavy atom.